The highest BCUT2D eigenvalue weighted by Gasteiger charge is 2.21. The summed E-state index contributed by atoms with van der Waals surface area (Å²) in [5.74, 6) is 0. The number of rotatable bonds is 5. The summed E-state index contributed by atoms with van der Waals surface area (Å²) in [4.78, 5) is 2.35. The Balaban J connectivity index is 1.17. The van der Waals surface area contributed by atoms with Crippen LogP contribution in [0.4, 0.5) is 17.1 Å². The molecule has 0 aliphatic carbocycles. The van der Waals surface area contributed by atoms with E-state index in [0.29, 0.717) is 0 Å². The molecule has 10 rings (SSSR count). The predicted octanol–water partition coefficient (Wildman–Crippen LogP) is 13.4. The lowest BCUT2D eigenvalue weighted by molar-refractivity contribution is 0.669. The van der Waals surface area contributed by atoms with Crippen LogP contribution in [0.15, 0.2) is 185 Å². The Morgan fingerprint density at radius 1 is 0.347 bits per heavy atom. The van der Waals surface area contributed by atoms with E-state index < -0.39 is 0 Å². The second-order valence-electron chi connectivity index (χ2n) is 12.5. The first-order valence-electron chi connectivity index (χ1n) is 16.6. The van der Waals surface area contributed by atoms with E-state index in [2.05, 4.69) is 169 Å². The van der Waals surface area contributed by atoms with Gasteiger partial charge in [0, 0.05) is 32.9 Å². The van der Waals surface area contributed by atoms with Crippen molar-refractivity contribution in [2.75, 3.05) is 4.90 Å². The fourth-order valence-electron chi connectivity index (χ4n) is 7.31. The smallest absolute Gasteiger partial charge is 0.143 e. The Morgan fingerprint density at radius 3 is 1.90 bits per heavy atom. The van der Waals surface area contributed by atoms with E-state index in [1.165, 1.54) is 11.1 Å². The van der Waals surface area contributed by atoms with Gasteiger partial charge in [-0.15, -0.1) is 0 Å². The average molecular weight is 628 g/mol. The topological polar surface area (TPSA) is 29.5 Å². The first-order chi connectivity index (χ1) is 24.3. The minimum atomic E-state index is 0.862. The lowest BCUT2D eigenvalue weighted by Crippen LogP contribution is -2.10. The SMILES string of the molecule is c1ccc(-c2ccc(N(c3cccc(-c4ccc5c(c4)oc4ccccc45)c3)c3cccc4oc5c6ccccc6ccc5c34)cc2)cc1. The fraction of sp³-hybridized carbons (Fsp3) is 0. The number of hydrogen-bond acceptors (Lipinski definition) is 3. The second kappa shape index (κ2) is 11.0. The maximum Gasteiger partial charge on any atom is 0.143 e. The lowest BCUT2D eigenvalue weighted by Gasteiger charge is -2.27. The molecule has 49 heavy (non-hydrogen) atoms. The Bertz CT molecular complexity index is 2830. The van der Waals surface area contributed by atoms with Gasteiger partial charge in [-0.3, -0.25) is 0 Å². The normalized spacial score (nSPS) is 11.7. The number of furan rings is 2. The molecule has 0 bridgehead atoms. The van der Waals surface area contributed by atoms with Crippen LogP contribution in [0.1, 0.15) is 0 Å². The van der Waals surface area contributed by atoms with Gasteiger partial charge in [0.25, 0.3) is 0 Å². The molecule has 230 valence electrons. The van der Waals surface area contributed by atoms with Crippen LogP contribution in [0.25, 0.3) is 76.9 Å². The molecule has 0 radical (unpaired) electrons. The molecule has 0 amide bonds. The highest BCUT2D eigenvalue weighted by atomic mass is 16.3. The maximum absolute atomic E-state index is 6.63. The third-order valence-corrected chi connectivity index (χ3v) is 9.66. The van der Waals surface area contributed by atoms with Crippen LogP contribution in [0, 0.1) is 0 Å². The Kier molecular flexibility index (Phi) is 6.18. The quantitative estimate of drug-likeness (QED) is 0.190. The number of hydrogen-bond donors (Lipinski definition) is 0. The van der Waals surface area contributed by atoms with Gasteiger partial charge in [0.2, 0.25) is 0 Å². The average Bonchev–Trinajstić information content (AvgIpc) is 3.75. The molecular formula is C46H29NO2. The van der Waals surface area contributed by atoms with Gasteiger partial charge in [-0.05, 0) is 88.3 Å². The molecule has 2 aromatic heterocycles. The summed E-state index contributed by atoms with van der Waals surface area (Å²) in [5.41, 5.74) is 11.3. The molecule has 0 fully saturated rings. The van der Waals surface area contributed by atoms with E-state index in [1.54, 1.807) is 0 Å². The molecule has 0 spiro atoms. The zero-order valence-electron chi connectivity index (χ0n) is 26.5. The van der Waals surface area contributed by atoms with Crippen molar-refractivity contribution in [3.8, 4) is 22.3 Å². The van der Waals surface area contributed by atoms with Crippen molar-refractivity contribution >= 4 is 71.7 Å². The second-order valence-corrected chi connectivity index (χ2v) is 12.5. The highest BCUT2D eigenvalue weighted by Crippen LogP contribution is 2.45. The van der Waals surface area contributed by atoms with Crippen molar-refractivity contribution < 1.29 is 8.83 Å². The van der Waals surface area contributed by atoms with Crippen LogP contribution in [0.3, 0.4) is 0 Å². The number of nitrogens with zero attached hydrogens (tertiary/aromatic N) is 1. The zero-order valence-corrected chi connectivity index (χ0v) is 26.5. The van der Waals surface area contributed by atoms with Crippen LogP contribution in [0.5, 0.6) is 0 Å². The predicted molar refractivity (Wildman–Crippen MR) is 204 cm³/mol. The van der Waals surface area contributed by atoms with Gasteiger partial charge in [-0.2, -0.15) is 0 Å². The molecule has 2 heterocycles. The van der Waals surface area contributed by atoms with Crippen molar-refractivity contribution in [3.05, 3.63) is 176 Å². The van der Waals surface area contributed by atoms with Crippen LogP contribution in [-0.2, 0) is 0 Å². The summed E-state index contributed by atoms with van der Waals surface area (Å²) in [6.45, 7) is 0. The van der Waals surface area contributed by atoms with Gasteiger partial charge in [0.05, 0.1) is 11.1 Å². The van der Waals surface area contributed by atoms with E-state index in [9.17, 15) is 0 Å². The molecule has 0 saturated carbocycles. The molecule has 10 aromatic rings. The largest absolute Gasteiger partial charge is 0.456 e. The molecule has 3 nitrogen and oxygen atoms in total. The van der Waals surface area contributed by atoms with Crippen molar-refractivity contribution in [1.82, 2.24) is 0 Å². The molecule has 0 atom stereocenters. The molecule has 3 heteroatoms. The molecule has 0 N–H and O–H groups in total. The maximum atomic E-state index is 6.63. The summed E-state index contributed by atoms with van der Waals surface area (Å²) < 4.78 is 12.9. The standard InChI is InChI=1S/C46H29NO2/c1-2-10-30(11-3-1)31-20-24-35(25-21-31)47(41-17-9-19-43-45(41)40-27-22-32-12-4-5-15-37(32)46(40)49-43)36-14-8-13-33(28-36)34-23-26-39-38-16-6-7-18-42(38)48-44(39)29-34/h1-29H. The first kappa shape index (κ1) is 27.5. The number of para-hydroxylation sites is 1. The van der Waals surface area contributed by atoms with Crippen molar-refractivity contribution in [1.29, 1.82) is 0 Å². The van der Waals surface area contributed by atoms with Gasteiger partial charge in [0.15, 0.2) is 0 Å². The summed E-state index contributed by atoms with van der Waals surface area (Å²) in [7, 11) is 0. The molecule has 0 aliphatic rings. The zero-order chi connectivity index (χ0) is 32.3. The molecule has 0 aliphatic heterocycles. The number of anilines is 3. The lowest BCUT2D eigenvalue weighted by atomic mass is 10.0. The van der Waals surface area contributed by atoms with E-state index in [1.807, 2.05) is 12.1 Å². The number of benzene rings is 8. The number of fused-ring (bicyclic) bond motifs is 8. The van der Waals surface area contributed by atoms with Crippen LogP contribution in [0.2, 0.25) is 0 Å². The van der Waals surface area contributed by atoms with Crippen LogP contribution in [-0.4, -0.2) is 0 Å². The molecule has 8 aromatic carbocycles. The summed E-state index contributed by atoms with van der Waals surface area (Å²) in [6.07, 6.45) is 0. The third kappa shape index (κ3) is 4.51. The summed E-state index contributed by atoms with van der Waals surface area (Å²) in [6, 6.07) is 62.0. The van der Waals surface area contributed by atoms with E-state index in [4.69, 9.17) is 8.83 Å². The highest BCUT2D eigenvalue weighted by molar-refractivity contribution is 6.19. The van der Waals surface area contributed by atoms with E-state index >= 15 is 0 Å². The van der Waals surface area contributed by atoms with Crippen LogP contribution >= 0.6 is 0 Å². The minimum Gasteiger partial charge on any atom is -0.456 e. The molecule has 0 saturated heterocycles. The van der Waals surface area contributed by atoms with E-state index in [-0.39, 0.29) is 0 Å². The van der Waals surface area contributed by atoms with Crippen molar-refractivity contribution in [2.24, 2.45) is 0 Å². The van der Waals surface area contributed by atoms with Crippen LogP contribution < -0.4 is 4.90 Å². The van der Waals surface area contributed by atoms with Gasteiger partial charge >= 0.3 is 0 Å². The van der Waals surface area contributed by atoms with Gasteiger partial charge in [-0.25, -0.2) is 0 Å². The van der Waals surface area contributed by atoms with Gasteiger partial charge in [0.1, 0.15) is 22.3 Å². The Labute approximate surface area is 282 Å². The summed E-state index contributed by atoms with van der Waals surface area (Å²) in [5, 5.41) is 6.73. The third-order valence-electron chi connectivity index (χ3n) is 9.66. The Morgan fingerprint density at radius 2 is 1.00 bits per heavy atom. The fourth-order valence-corrected chi connectivity index (χ4v) is 7.31. The first-order valence-corrected chi connectivity index (χ1v) is 16.6. The van der Waals surface area contributed by atoms with E-state index in [0.717, 1.165) is 82.8 Å². The van der Waals surface area contributed by atoms with Crippen molar-refractivity contribution in [2.45, 2.75) is 0 Å². The molecular weight excluding hydrogens is 599 g/mol. The summed E-state index contributed by atoms with van der Waals surface area (Å²) >= 11 is 0. The monoisotopic (exact) mass is 627 g/mol. The van der Waals surface area contributed by atoms with Gasteiger partial charge in [-0.1, -0.05) is 115 Å². The Hall–Kier alpha value is -6.58. The minimum absolute atomic E-state index is 0.862. The van der Waals surface area contributed by atoms with Crippen molar-refractivity contribution in [3.63, 3.8) is 0 Å². The van der Waals surface area contributed by atoms with Gasteiger partial charge < -0.3 is 13.7 Å². The molecule has 0 unspecified atom stereocenters.